The molecule has 0 bridgehead atoms. The van der Waals surface area contributed by atoms with E-state index in [0.717, 1.165) is 24.3 Å². The summed E-state index contributed by atoms with van der Waals surface area (Å²) in [5.74, 6) is 3.73. The van der Waals surface area contributed by atoms with Crippen molar-refractivity contribution in [2.45, 2.75) is 130 Å². The molecule has 0 spiro atoms. The zero-order valence-corrected chi connectivity index (χ0v) is 25.4. The molecular weight excluding hydrogens is 472 g/mol. The maximum atomic E-state index is 6.40. The lowest BCUT2D eigenvalue weighted by molar-refractivity contribution is 0.255. The SMILES string of the molecule is CC(C)c1cc(CCc2cc(C(C)C)c(OCC3OC3C)c(C(C)C)c2)cc(C(C)C)c1OCC1OC1C. The Labute approximate surface area is 231 Å². The molecular formula is C34H50O4. The van der Waals surface area contributed by atoms with E-state index in [0.29, 0.717) is 49.1 Å². The average Bonchev–Trinajstić information content (AvgIpc) is 3.76. The van der Waals surface area contributed by atoms with Crippen LogP contribution in [-0.2, 0) is 22.3 Å². The van der Waals surface area contributed by atoms with Crippen molar-refractivity contribution < 1.29 is 18.9 Å². The molecule has 210 valence electrons. The highest BCUT2D eigenvalue weighted by Crippen LogP contribution is 2.39. The standard InChI is InChI=1S/C34H50O4/c1-19(2)27-13-25(14-28(20(3)4)33(27)35-17-31-23(9)37-31)11-12-26-15-29(21(5)6)34(30(16-26)22(7)8)36-18-32-24(10)38-32/h13-16,19-24,31-32H,11-12,17-18H2,1-10H3. The molecule has 4 rings (SSSR count). The third-order valence-corrected chi connectivity index (χ3v) is 8.06. The van der Waals surface area contributed by atoms with E-state index in [4.69, 9.17) is 18.9 Å². The van der Waals surface area contributed by atoms with Crippen molar-refractivity contribution in [1.82, 2.24) is 0 Å². The predicted molar refractivity (Wildman–Crippen MR) is 156 cm³/mol. The number of hydrogen-bond donors (Lipinski definition) is 0. The van der Waals surface area contributed by atoms with Crippen molar-refractivity contribution in [1.29, 1.82) is 0 Å². The molecule has 2 heterocycles. The highest BCUT2D eigenvalue weighted by Gasteiger charge is 2.36. The summed E-state index contributed by atoms with van der Waals surface area (Å²) in [6.45, 7) is 23.6. The van der Waals surface area contributed by atoms with Crippen LogP contribution in [0, 0.1) is 0 Å². The Kier molecular flexibility index (Phi) is 9.15. The van der Waals surface area contributed by atoms with Crippen molar-refractivity contribution in [3.63, 3.8) is 0 Å². The molecule has 0 amide bonds. The Morgan fingerprint density at radius 3 is 1.03 bits per heavy atom. The highest BCUT2D eigenvalue weighted by molar-refractivity contribution is 5.50. The molecule has 0 aromatic heterocycles. The van der Waals surface area contributed by atoms with Gasteiger partial charge in [0.1, 0.15) is 36.9 Å². The zero-order chi connectivity index (χ0) is 27.7. The predicted octanol–water partition coefficient (Wildman–Crippen LogP) is 8.30. The fourth-order valence-electron chi connectivity index (χ4n) is 5.25. The van der Waals surface area contributed by atoms with Crippen LogP contribution in [0.5, 0.6) is 11.5 Å². The molecule has 0 N–H and O–H groups in total. The van der Waals surface area contributed by atoms with Crippen molar-refractivity contribution in [2.75, 3.05) is 13.2 Å². The Morgan fingerprint density at radius 1 is 0.553 bits per heavy atom. The molecule has 4 unspecified atom stereocenters. The summed E-state index contributed by atoms with van der Waals surface area (Å²) in [7, 11) is 0. The van der Waals surface area contributed by atoms with Crippen molar-refractivity contribution in [3.8, 4) is 11.5 Å². The Bertz CT molecular complexity index is 954. The van der Waals surface area contributed by atoms with Crippen LogP contribution in [0.3, 0.4) is 0 Å². The van der Waals surface area contributed by atoms with Crippen LogP contribution in [0.25, 0.3) is 0 Å². The van der Waals surface area contributed by atoms with Crippen molar-refractivity contribution in [3.05, 3.63) is 57.6 Å². The molecule has 4 nitrogen and oxygen atoms in total. The Balaban J connectivity index is 1.58. The van der Waals surface area contributed by atoms with Crippen LogP contribution in [0.1, 0.15) is 126 Å². The van der Waals surface area contributed by atoms with Gasteiger partial charge in [-0.05, 0) is 83.7 Å². The van der Waals surface area contributed by atoms with Gasteiger partial charge in [-0.1, -0.05) is 79.7 Å². The second-order valence-electron chi connectivity index (χ2n) is 12.7. The third kappa shape index (κ3) is 6.93. The van der Waals surface area contributed by atoms with Crippen LogP contribution in [0.4, 0.5) is 0 Å². The fraction of sp³-hybridized carbons (Fsp3) is 0.647. The van der Waals surface area contributed by atoms with Gasteiger partial charge in [-0.3, -0.25) is 0 Å². The van der Waals surface area contributed by atoms with E-state index in [1.54, 1.807) is 0 Å². The number of epoxide rings is 2. The first-order chi connectivity index (χ1) is 18.0. The van der Waals surface area contributed by atoms with Crippen LogP contribution in [0.15, 0.2) is 24.3 Å². The maximum absolute atomic E-state index is 6.40. The van der Waals surface area contributed by atoms with Gasteiger partial charge in [0, 0.05) is 0 Å². The van der Waals surface area contributed by atoms with Gasteiger partial charge in [-0.25, -0.2) is 0 Å². The van der Waals surface area contributed by atoms with Crippen molar-refractivity contribution in [2.24, 2.45) is 0 Å². The first-order valence-corrected chi connectivity index (χ1v) is 14.9. The average molecular weight is 523 g/mol. The zero-order valence-electron chi connectivity index (χ0n) is 25.4. The lowest BCUT2D eigenvalue weighted by Gasteiger charge is -2.23. The molecule has 4 atom stereocenters. The first-order valence-electron chi connectivity index (χ1n) is 14.9. The smallest absolute Gasteiger partial charge is 0.126 e. The summed E-state index contributed by atoms with van der Waals surface area (Å²) < 4.78 is 24.0. The van der Waals surface area contributed by atoms with E-state index in [2.05, 4.69) is 93.5 Å². The van der Waals surface area contributed by atoms with E-state index in [9.17, 15) is 0 Å². The summed E-state index contributed by atoms with van der Waals surface area (Å²) >= 11 is 0. The van der Waals surface area contributed by atoms with Gasteiger partial charge in [-0.15, -0.1) is 0 Å². The number of rotatable bonds is 13. The van der Waals surface area contributed by atoms with Gasteiger partial charge < -0.3 is 18.9 Å². The molecule has 2 fully saturated rings. The first kappa shape index (κ1) is 29.0. The van der Waals surface area contributed by atoms with Crippen LogP contribution in [0.2, 0.25) is 0 Å². The van der Waals surface area contributed by atoms with Gasteiger partial charge in [0.25, 0.3) is 0 Å². The molecule has 2 aliphatic heterocycles. The number of hydrogen-bond acceptors (Lipinski definition) is 4. The quantitative estimate of drug-likeness (QED) is 0.248. The summed E-state index contributed by atoms with van der Waals surface area (Å²) in [4.78, 5) is 0. The monoisotopic (exact) mass is 522 g/mol. The van der Waals surface area contributed by atoms with Gasteiger partial charge in [0.2, 0.25) is 0 Å². The fourth-order valence-corrected chi connectivity index (χ4v) is 5.25. The van der Waals surface area contributed by atoms with E-state index in [1.807, 2.05) is 0 Å². The molecule has 2 aromatic rings. The van der Waals surface area contributed by atoms with Gasteiger partial charge >= 0.3 is 0 Å². The number of ether oxygens (including phenoxy) is 4. The molecule has 0 radical (unpaired) electrons. The molecule has 2 aromatic carbocycles. The van der Waals surface area contributed by atoms with E-state index >= 15 is 0 Å². The second kappa shape index (κ2) is 12.0. The second-order valence-corrected chi connectivity index (χ2v) is 12.7. The van der Waals surface area contributed by atoms with E-state index in [-0.39, 0.29) is 12.2 Å². The van der Waals surface area contributed by atoms with Gasteiger partial charge in [0.05, 0.1) is 12.2 Å². The summed E-state index contributed by atoms with van der Waals surface area (Å²) in [6.07, 6.45) is 3.09. The topological polar surface area (TPSA) is 43.5 Å². The molecule has 2 saturated heterocycles. The minimum atomic E-state index is 0.229. The van der Waals surface area contributed by atoms with Gasteiger partial charge in [-0.2, -0.15) is 0 Å². The minimum Gasteiger partial charge on any atom is -0.490 e. The van der Waals surface area contributed by atoms with Crippen molar-refractivity contribution >= 4 is 0 Å². The molecule has 38 heavy (non-hydrogen) atoms. The van der Waals surface area contributed by atoms with Gasteiger partial charge in [0.15, 0.2) is 0 Å². The molecule has 2 aliphatic rings. The number of aryl methyl sites for hydroxylation is 2. The van der Waals surface area contributed by atoms with E-state index in [1.165, 1.54) is 33.4 Å². The number of benzene rings is 2. The Hall–Kier alpha value is -2.04. The highest BCUT2D eigenvalue weighted by atomic mass is 16.6. The maximum Gasteiger partial charge on any atom is 0.126 e. The Morgan fingerprint density at radius 2 is 0.816 bits per heavy atom. The normalized spacial score (nSPS) is 22.6. The third-order valence-electron chi connectivity index (χ3n) is 8.06. The minimum absolute atomic E-state index is 0.229. The van der Waals surface area contributed by atoms with Crippen LogP contribution in [-0.4, -0.2) is 37.6 Å². The largest absolute Gasteiger partial charge is 0.490 e. The summed E-state index contributed by atoms with van der Waals surface area (Å²) in [6, 6.07) is 9.52. The molecule has 0 saturated carbocycles. The van der Waals surface area contributed by atoms with Crippen LogP contribution < -0.4 is 9.47 Å². The van der Waals surface area contributed by atoms with E-state index < -0.39 is 0 Å². The lowest BCUT2D eigenvalue weighted by Crippen LogP contribution is -2.12. The molecule has 0 aliphatic carbocycles. The lowest BCUT2D eigenvalue weighted by atomic mass is 9.88. The van der Waals surface area contributed by atoms with Crippen LogP contribution >= 0.6 is 0 Å². The summed E-state index contributed by atoms with van der Waals surface area (Å²) in [5, 5.41) is 0. The molecule has 4 heteroatoms. The summed E-state index contributed by atoms with van der Waals surface area (Å²) in [5.41, 5.74) is 8.02.